The van der Waals surface area contributed by atoms with E-state index in [1.807, 2.05) is 18.2 Å². The number of nitriles is 1. The van der Waals surface area contributed by atoms with Crippen LogP contribution in [-0.4, -0.2) is 12.6 Å². The molecule has 1 aliphatic rings. The maximum Gasteiger partial charge on any atom is 0.101 e. The lowest BCUT2D eigenvalue weighted by atomic mass is 10.1. The molecule has 0 aliphatic heterocycles. The van der Waals surface area contributed by atoms with Crippen LogP contribution in [-0.2, 0) is 0 Å². The van der Waals surface area contributed by atoms with Crippen LogP contribution >= 0.6 is 0 Å². The Morgan fingerprint density at radius 2 is 2.06 bits per heavy atom. The second-order valence-corrected chi connectivity index (χ2v) is 4.82. The standard InChI is InChI=1S/C14H18N2/c1-11(2)16(10-12-7-8-12)14-6-4-3-5-13(14)9-15/h3-6,11-12H,7-8,10H2,1-2H3. The van der Waals surface area contributed by atoms with Crippen molar-refractivity contribution in [1.29, 1.82) is 5.26 Å². The summed E-state index contributed by atoms with van der Waals surface area (Å²) in [6.07, 6.45) is 2.69. The van der Waals surface area contributed by atoms with E-state index in [9.17, 15) is 0 Å². The van der Waals surface area contributed by atoms with Gasteiger partial charge in [0.25, 0.3) is 0 Å². The Balaban J connectivity index is 2.26. The molecular weight excluding hydrogens is 196 g/mol. The fourth-order valence-electron chi connectivity index (χ4n) is 1.98. The predicted octanol–water partition coefficient (Wildman–Crippen LogP) is 3.18. The van der Waals surface area contributed by atoms with Crippen LogP contribution < -0.4 is 4.90 Å². The van der Waals surface area contributed by atoms with Crippen molar-refractivity contribution in [2.24, 2.45) is 5.92 Å². The molecule has 0 amide bonds. The van der Waals surface area contributed by atoms with Crippen LogP contribution in [0, 0.1) is 17.2 Å². The highest BCUT2D eigenvalue weighted by atomic mass is 15.2. The summed E-state index contributed by atoms with van der Waals surface area (Å²) >= 11 is 0. The van der Waals surface area contributed by atoms with Gasteiger partial charge in [0.2, 0.25) is 0 Å². The molecule has 0 heterocycles. The van der Waals surface area contributed by atoms with Gasteiger partial charge >= 0.3 is 0 Å². The second kappa shape index (κ2) is 4.57. The summed E-state index contributed by atoms with van der Waals surface area (Å²) < 4.78 is 0. The van der Waals surface area contributed by atoms with Crippen molar-refractivity contribution in [3.63, 3.8) is 0 Å². The molecule has 84 valence electrons. The monoisotopic (exact) mass is 214 g/mol. The van der Waals surface area contributed by atoms with Crippen molar-refractivity contribution in [1.82, 2.24) is 0 Å². The molecule has 1 fully saturated rings. The highest BCUT2D eigenvalue weighted by molar-refractivity contribution is 5.59. The molecule has 0 N–H and O–H groups in total. The summed E-state index contributed by atoms with van der Waals surface area (Å²) in [7, 11) is 0. The van der Waals surface area contributed by atoms with E-state index < -0.39 is 0 Å². The van der Waals surface area contributed by atoms with Crippen LogP contribution in [0.5, 0.6) is 0 Å². The zero-order valence-corrected chi connectivity index (χ0v) is 9.98. The Hall–Kier alpha value is -1.49. The molecule has 1 aromatic carbocycles. The first-order valence-corrected chi connectivity index (χ1v) is 5.98. The minimum atomic E-state index is 0.454. The summed E-state index contributed by atoms with van der Waals surface area (Å²) in [6, 6.07) is 10.6. The lowest BCUT2D eigenvalue weighted by molar-refractivity contribution is 0.644. The van der Waals surface area contributed by atoms with Gasteiger partial charge in [0.05, 0.1) is 11.3 Å². The molecule has 0 unspecified atom stereocenters. The number of hydrogen-bond acceptors (Lipinski definition) is 2. The maximum absolute atomic E-state index is 9.12. The quantitative estimate of drug-likeness (QED) is 0.769. The molecule has 1 aliphatic carbocycles. The molecule has 0 aromatic heterocycles. The van der Waals surface area contributed by atoms with Gasteiger partial charge in [-0.25, -0.2) is 0 Å². The first-order valence-electron chi connectivity index (χ1n) is 5.98. The van der Waals surface area contributed by atoms with Gasteiger partial charge in [-0.15, -0.1) is 0 Å². The SMILES string of the molecule is CC(C)N(CC1CC1)c1ccccc1C#N. The van der Waals surface area contributed by atoms with E-state index in [2.05, 4.69) is 30.9 Å². The molecule has 0 spiro atoms. The van der Waals surface area contributed by atoms with Crippen molar-refractivity contribution >= 4 is 5.69 Å². The number of anilines is 1. The van der Waals surface area contributed by atoms with Gasteiger partial charge in [0.1, 0.15) is 6.07 Å². The second-order valence-electron chi connectivity index (χ2n) is 4.82. The summed E-state index contributed by atoms with van der Waals surface area (Å²) in [4.78, 5) is 2.36. The van der Waals surface area contributed by atoms with Gasteiger partial charge in [-0.05, 0) is 44.7 Å². The van der Waals surface area contributed by atoms with Crippen LogP contribution in [0.1, 0.15) is 32.3 Å². The number of benzene rings is 1. The third-order valence-corrected chi connectivity index (χ3v) is 3.11. The Morgan fingerprint density at radius 1 is 1.38 bits per heavy atom. The third-order valence-electron chi connectivity index (χ3n) is 3.11. The molecule has 0 bridgehead atoms. The molecule has 16 heavy (non-hydrogen) atoms. The highest BCUT2D eigenvalue weighted by Crippen LogP contribution is 2.33. The summed E-state index contributed by atoms with van der Waals surface area (Å²) in [6.45, 7) is 5.48. The average molecular weight is 214 g/mol. The predicted molar refractivity (Wildman–Crippen MR) is 66.4 cm³/mol. The average Bonchev–Trinajstić information content (AvgIpc) is 3.09. The van der Waals surface area contributed by atoms with Gasteiger partial charge in [0.15, 0.2) is 0 Å². The number of rotatable bonds is 4. The van der Waals surface area contributed by atoms with Gasteiger partial charge in [-0.2, -0.15) is 5.26 Å². The van der Waals surface area contributed by atoms with Crippen LogP contribution in [0.25, 0.3) is 0 Å². The Kier molecular flexibility index (Phi) is 3.14. The van der Waals surface area contributed by atoms with E-state index in [1.165, 1.54) is 12.8 Å². The number of hydrogen-bond donors (Lipinski definition) is 0. The van der Waals surface area contributed by atoms with E-state index >= 15 is 0 Å². The van der Waals surface area contributed by atoms with Crippen LogP contribution in [0.3, 0.4) is 0 Å². The first-order chi connectivity index (χ1) is 7.72. The molecule has 0 saturated heterocycles. The van der Waals surface area contributed by atoms with Crippen molar-refractivity contribution < 1.29 is 0 Å². The fraction of sp³-hybridized carbons (Fsp3) is 0.500. The van der Waals surface area contributed by atoms with Crippen molar-refractivity contribution in [2.45, 2.75) is 32.7 Å². The van der Waals surface area contributed by atoms with Crippen molar-refractivity contribution in [2.75, 3.05) is 11.4 Å². The summed E-state index contributed by atoms with van der Waals surface area (Å²) in [5.74, 6) is 0.842. The molecule has 0 atom stereocenters. The van der Waals surface area contributed by atoms with E-state index in [1.54, 1.807) is 0 Å². The normalized spacial score (nSPS) is 14.9. The molecule has 1 saturated carbocycles. The van der Waals surface area contributed by atoms with Crippen LogP contribution in [0.15, 0.2) is 24.3 Å². The lowest BCUT2D eigenvalue weighted by Gasteiger charge is -2.29. The number of nitrogens with zero attached hydrogens (tertiary/aromatic N) is 2. The minimum Gasteiger partial charge on any atom is -0.368 e. The van der Waals surface area contributed by atoms with Crippen LogP contribution in [0.2, 0.25) is 0 Å². The summed E-state index contributed by atoms with van der Waals surface area (Å²) in [5.41, 5.74) is 1.88. The van der Waals surface area contributed by atoms with Gasteiger partial charge in [-0.3, -0.25) is 0 Å². The zero-order chi connectivity index (χ0) is 11.5. The topological polar surface area (TPSA) is 27.0 Å². The lowest BCUT2D eigenvalue weighted by Crippen LogP contribution is -2.33. The Morgan fingerprint density at radius 3 is 2.62 bits per heavy atom. The molecule has 1 aromatic rings. The number of para-hydroxylation sites is 1. The molecule has 0 radical (unpaired) electrons. The Labute approximate surface area is 97.5 Å². The van der Waals surface area contributed by atoms with E-state index in [4.69, 9.17) is 5.26 Å². The van der Waals surface area contributed by atoms with E-state index in [-0.39, 0.29) is 0 Å². The van der Waals surface area contributed by atoms with Crippen LogP contribution in [0.4, 0.5) is 5.69 Å². The van der Waals surface area contributed by atoms with E-state index in [0.29, 0.717) is 6.04 Å². The molecule has 2 nitrogen and oxygen atoms in total. The zero-order valence-electron chi connectivity index (χ0n) is 9.98. The maximum atomic E-state index is 9.12. The molecule has 2 heteroatoms. The van der Waals surface area contributed by atoms with Gasteiger partial charge in [-0.1, -0.05) is 12.1 Å². The smallest absolute Gasteiger partial charge is 0.101 e. The van der Waals surface area contributed by atoms with Crippen molar-refractivity contribution in [3.05, 3.63) is 29.8 Å². The minimum absolute atomic E-state index is 0.454. The molecule has 2 rings (SSSR count). The first kappa shape index (κ1) is 11.0. The Bertz CT molecular complexity index is 399. The van der Waals surface area contributed by atoms with Crippen molar-refractivity contribution in [3.8, 4) is 6.07 Å². The fourth-order valence-corrected chi connectivity index (χ4v) is 1.98. The largest absolute Gasteiger partial charge is 0.368 e. The van der Waals surface area contributed by atoms with Gasteiger partial charge in [0, 0.05) is 12.6 Å². The third kappa shape index (κ3) is 2.36. The van der Waals surface area contributed by atoms with Gasteiger partial charge < -0.3 is 4.90 Å². The molecular formula is C14H18N2. The summed E-state index contributed by atoms with van der Waals surface area (Å²) in [5, 5.41) is 9.12. The van der Waals surface area contributed by atoms with E-state index in [0.717, 1.165) is 23.7 Å². The highest BCUT2D eigenvalue weighted by Gasteiger charge is 2.26.